The fourth-order valence-corrected chi connectivity index (χ4v) is 5.39. The molecule has 120 valence electrons. The Balaban J connectivity index is 2.08. The van der Waals surface area contributed by atoms with Gasteiger partial charge < -0.3 is 10.0 Å². The summed E-state index contributed by atoms with van der Waals surface area (Å²) in [5.74, 6) is -1.18. The first-order valence-corrected chi connectivity index (χ1v) is 9.17. The van der Waals surface area contributed by atoms with E-state index in [1.165, 1.54) is 4.90 Å². The van der Waals surface area contributed by atoms with Crippen LogP contribution in [0.1, 0.15) is 39.5 Å². The van der Waals surface area contributed by atoms with E-state index in [1.807, 2.05) is 13.8 Å². The Morgan fingerprint density at radius 2 is 2.00 bits per heavy atom. The van der Waals surface area contributed by atoms with Gasteiger partial charge in [-0.1, -0.05) is 13.8 Å². The van der Waals surface area contributed by atoms with Crippen LogP contribution in [0, 0.1) is 11.3 Å². The Labute approximate surface area is 125 Å². The molecule has 0 spiro atoms. The van der Waals surface area contributed by atoms with Crippen molar-refractivity contribution in [3.63, 3.8) is 0 Å². The van der Waals surface area contributed by atoms with Crippen molar-refractivity contribution in [2.24, 2.45) is 11.3 Å². The summed E-state index contributed by atoms with van der Waals surface area (Å²) in [5, 5.41) is 9.45. The average molecular weight is 317 g/mol. The molecule has 2 fully saturated rings. The monoisotopic (exact) mass is 317 g/mol. The summed E-state index contributed by atoms with van der Waals surface area (Å²) in [4.78, 5) is 25.4. The lowest BCUT2D eigenvalue weighted by Gasteiger charge is -2.44. The van der Waals surface area contributed by atoms with Crippen LogP contribution in [-0.2, 0) is 19.4 Å². The Kier molecular flexibility index (Phi) is 4.33. The number of likely N-dealkylation sites (tertiary alicyclic amines) is 1. The second kappa shape index (κ2) is 5.59. The fourth-order valence-electron chi connectivity index (χ4n) is 3.53. The van der Waals surface area contributed by atoms with Crippen molar-refractivity contribution in [3.05, 3.63) is 0 Å². The van der Waals surface area contributed by atoms with Gasteiger partial charge in [-0.15, -0.1) is 0 Å². The molecule has 2 saturated heterocycles. The lowest BCUT2D eigenvalue weighted by Crippen LogP contribution is -2.56. The Bertz CT molecular complexity index is 540. The van der Waals surface area contributed by atoms with E-state index in [0.29, 0.717) is 13.0 Å². The topological polar surface area (TPSA) is 91.8 Å². The summed E-state index contributed by atoms with van der Waals surface area (Å²) in [6.07, 6.45) is 2.19. The number of nitrogens with zero attached hydrogens (tertiary/aromatic N) is 1. The molecule has 7 heteroatoms. The number of piperidine rings is 1. The van der Waals surface area contributed by atoms with E-state index < -0.39 is 27.3 Å². The van der Waals surface area contributed by atoms with Gasteiger partial charge in [0.1, 0.15) is 6.04 Å². The molecule has 1 amide bonds. The minimum atomic E-state index is -3.01. The first-order chi connectivity index (χ1) is 9.62. The number of carboxylic acid groups (broad SMARTS) is 1. The average Bonchev–Trinajstić information content (AvgIpc) is 2.66. The number of aliphatic carboxylic acids is 1. The molecule has 21 heavy (non-hydrogen) atoms. The normalized spacial score (nSPS) is 31.0. The van der Waals surface area contributed by atoms with E-state index in [0.717, 1.165) is 12.8 Å². The molecule has 0 aliphatic carbocycles. The van der Waals surface area contributed by atoms with Crippen LogP contribution in [0.15, 0.2) is 0 Å². The first-order valence-electron chi connectivity index (χ1n) is 7.35. The van der Waals surface area contributed by atoms with Crippen molar-refractivity contribution in [2.45, 2.75) is 45.6 Å². The van der Waals surface area contributed by atoms with Gasteiger partial charge in [-0.25, -0.2) is 13.2 Å². The highest BCUT2D eigenvalue weighted by atomic mass is 32.2. The van der Waals surface area contributed by atoms with Crippen LogP contribution < -0.4 is 0 Å². The quantitative estimate of drug-likeness (QED) is 0.835. The van der Waals surface area contributed by atoms with Gasteiger partial charge in [-0.3, -0.25) is 4.79 Å². The van der Waals surface area contributed by atoms with Gasteiger partial charge in [0.15, 0.2) is 9.84 Å². The SMILES string of the molecule is CC1(C)CCCN(C(=O)CC2CCS(=O)(=O)C2)C1C(=O)O. The molecule has 0 aromatic heterocycles. The Hall–Kier alpha value is -1.11. The molecule has 2 rings (SSSR count). The molecule has 0 saturated carbocycles. The number of hydrogen-bond acceptors (Lipinski definition) is 4. The molecule has 0 radical (unpaired) electrons. The van der Waals surface area contributed by atoms with E-state index in [2.05, 4.69) is 0 Å². The summed E-state index contributed by atoms with van der Waals surface area (Å²) in [6, 6.07) is -0.822. The van der Waals surface area contributed by atoms with Gasteiger partial charge in [0, 0.05) is 13.0 Å². The molecular weight excluding hydrogens is 294 g/mol. The third kappa shape index (κ3) is 3.56. The lowest BCUT2D eigenvalue weighted by atomic mass is 9.76. The first kappa shape index (κ1) is 16.3. The second-order valence-corrected chi connectivity index (χ2v) is 9.12. The highest BCUT2D eigenvalue weighted by Gasteiger charge is 2.45. The lowest BCUT2D eigenvalue weighted by molar-refractivity contribution is -0.159. The van der Waals surface area contributed by atoms with Crippen LogP contribution >= 0.6 is 0 Å². The van der Waals surface area contributed by atoms with E-state index in [9.17, 15) is 23.1 Å². The van der Waals surface area contributed by atoms with Gasteiger partial charge in [0.2, 0.25) is 5.91 Å². The summed E-state index contributed by atoms with van der Waals surface area (Å²) in [5.41, 5.74) is -0.457. The fraction of sp³-hybridized carbons (Fsp3) is 0.857. The Morgan fingerprint density at radius 3 is 2.52 bits per heavy atom. The Morgan fingerprint density at radius 1 is 1.33 bits per heavy atom. The largest absolute Gasteiger partial charge is 0.480 e. The molecule has 2 aliphatic heterocycles. The number of carbonyl (C=O) groups excluding carboxylic acids is 1. The smallest absolute Gasteiger partial charge is 0.326 e. The van der Waals surface area contributed by atoms with Gasteiger partial charge in [0.05, 0.1) is 11.5 Å². The number of sulfone groups is 1. The molecule has 1 N–H and O–H groups in total. The van der Waals surface area contributed by atoms with Crippen molar-refractivity contribution in [1.29, 1.82) is 0 Å². The molecule has 2 unspecified atom stereocenters. The van der Waals surface area contributed by atoms with Gasteiger partial charge in [0.25, 0.3) is 0 Å². The van der Waals surface area contributed by atoms with Crippen LogP contribution in [0.25, 0.3) is 0 Å². The van der Waals surface area contributed by atoms with Crippen LogP contribution in [0.4, 0.5) is 0 Å². The molecule has 0 aromatic carbocycles. The van der Waals surface area contributed by atoms with Crippen LogP contribution in [0.3, 0.4) is 0 Å². The predicted octanol–water partition coefficient (Wildman–Crippen LogP) is 0.913. The number of hydrogen-bond donors (Lipinski definition) is 1. The maximum atomic E-state index is 12.4. The minimum Gasteiger partial charge on any atom is -0.480 e. The van der Waals surface area contributed by atoms with E-state index in [1.54, 1.807) is 0 Å². The molecule has 0 aromatic rings. The zero-order valence-electron chi connectivity index (χ0n) is 12.5. The summed E-state index contributed by atoms with van der Waals surface area (Å²) in [7, 11) is -3.01. The predicted molar refractivity (Wildman–Crippen MR) is 77.5 cm³/mol. The summed E-state index contributed by atoms with van der Waals surface area (Å²) in [6.45, 7) is 4.18. The van der Waals surface area contributed by atoms with Crippen LogP contribution in [-0.4, -0.2) is 54.4 Å². The van der Waals surface area contributed by atoms with Gasteiger partial charge in [-0.05, 0) is 30.6 Å². The van der Waals surface area contributed by atoms with Crippen LogP contribution in [0.2, 0.25) is 0 Å². The van der Waals surface area contributed by atoms with E-state index in [-0.39, 0.29) is 29.8 Å². The number of rotatable bonds is 3. The minimum absolute atomic E-state index is 0.0493. The highest BCUT2D eigenvalue weighted by molar-refractivity contribution is 7.91. The standard InChI is InChI=1S/C14H23NO5S/c1-14(2)5-3-6-15(12(14)13(17)18)11(16)8-10-4-7-21(19,20)9-10/h10,12H,3-9H2,1-2H3,(H,17,18). The highest BCUT2D eigenvalue weighted by Crippen LogP contribution is 2.36. The third-order valence-electron chi connectivity index (χ3n) is 4.62. The summed E-state index contributed by atoms with van der Waals surface area (Å²) < 4.78 is 22.9. The number of carboxylic acids is 1. The number of carbonyl (C=O) groups is 2. The maximum absolute atomic E-state index is 12.4. The molecule has 2 heterocycles. The van der Waals surface area contributed by atoms with Crippen molar-refractivity contribution >= 4 is 21.7 Å². The van der Waals surface area contributed by atoms with Crippen LogP contribution in [0.5, 0.6) is 0 Å². The molecule has 2 atom stereocenters. The maximum Gasteiger partial charge on any atom is 0.326 e. The van der Waals surface area contributed by atoms with E-state index in [4.69, 9.17) is 0 Å². The zero-order chi connectivity index (χ0) is 15.8. The molecular formula is C14H23NO5S. The molecule has 0 bridgehead atoms. The van der Waals surface area contributed by atoms with Crippen molar-refractivity contribution < 1.29 is 23.1 Å². The van der Waals surface area contributed by atoms with E-state index >= 15 is 0 Å². The van der Waals surface area contributed by atoms with Crippen molar-refractivity contribution in [1.82, 2.24) is 4.90 Å². The number of amides is 1. The molecule has 2 aliphatic rings. The van der Waals surface area contributed by atoms with Crippen molar-refractivity contribution in [2.75, 3.05) is 18.1 Å². The summed E-state index contributed by atoms with van der Waals surface area (Å²) >= 11 is 0. The second-order valence-electron chi connectivity index (χ2n) is 6.89. The third-order valence-corrected chi connectivity index (χ3v) is 6.45. The molecule has 6 nitrogen and oxygen atoms in total. The van der Waals surface area contributed by atoms with Gasteiger partial charge >= 0.3 is 5.97 Å². The van der Waals surface area contributed by atoms with Gasteiger partial charge in [-0.2, -0.15) is 0 Å². The van der Waals surface area contributed by atoms with Crippen molar-refractivity contribution in [3.8, 4) is 0 Å². The zero-order valence-corrected chi connectivity index (χ0v) is 13.4.